The molecule has 0 aromatic carbocycles. The van der Waals surface area contributed by atoms with Crippen LogP contribution >= 0.6 is 0 Å². The Morgan fingerprint density at radius 1 is 0.556 bits per heavy atom. The van der Waals surface area contributed by atoms with Crippen LogP contribution in [0, 0.1) is 46.6 Å². The lowest BCUT2D eigenvalue weighted by Crippen LogP contribution is -2.16. The highest BCUT2D eigenvalue weighted by atomic mass is 28.3. The molecule has 0 atom stereocenters. The predicted molar refractivity (Wildman–Crippen MR) is 128 cm³/mol. The molecule has 0 nitrogen and oxygen atoms in total. The van der Waals surface area contributed by atoms with Crippen molar-refractivity contribution in [1.82, 2.24) is 0 Å². The normalized spacial score (nSPS) is 9.85. The Balaban J connectivity index is 4.82. The molecule has 0 unspecified atom stereocenters. The Labute approximate surface area is 171 Å². The van der Waals surface area contributed by atoms with E-state index in [2.05, 4.69) is 114 Å². The minimum atomic E-state index is -1.36. The third-order valence-electron chi connectivity index (χ3n) is 3.16. The van der Waals surface area contributed by atoms with E-state index in [0.29, 0.717) is 0 Å². The Bertz CT molecular complexity index is 742. The fourth-order valence-electron chi connectivity index (χ4n) is 1.63. The predicted octanol–water partition coefficient (Wildman–Crippen LogP) is 6.60. The summed E-state index contributed by atoms with van der Waals surface area (Å²) in [6, 6.07) is 0. The lowest BCUT2D eigenvalue weighted by atomic mass is 10.1. The van der Waals surface area contributed by atoms with Crippen molar-refractivity contribution in [3.05, 3.63) is 22.3 Å². The van der Waals surface area contributed by atoms with Gasteiger partial charge in [0.1, 0.15) is 16.1 Å². The SMILES string of the molecule is CC(C)=C(C#CCCCC#CC(C#C[Si](C)(C)C)=C(C)C)C#C[Si](C)(C)C. The summed E-state index contributed by atoms with van der Waals surface area (Å²) in [6.07, 6.45) is 2.69. The molecule has 0 aromatic rings. The van der Waals surface area contributed by atoms with Gasteiger partial charge in [-0.2, -0.15) is 0 Å². The highest BCUT2D eigenvalue weighted by molar-refractivity contribution is 6.84. The summed E-state index contributed by atoms with van der Waals surface area (Å²) < 4.78 is 0. The van der Waals surface area contributed by atoms with E-state index >= 15 is 0 Å². The summed E-state index contributed by atoms with van der Waals surface area (Å²) >= 11 is 0. The van der Waals surface area contributed by atoms with Crippen LogP contribution in [0.1, 0.15) is 47.0 Å². The van der Waals surface area contributed by atoms with E-state index in [9.17, 15) is 0 Å². The van der Waals surface area contributed by atoms with Gasteiger partial charge in [0.25, 0.3) is 0 Å². The van der Waals surface area contributed by atoms with E-state index in [-0.39, 0.29) is 0 Å². The van der Waals surface area contributed by atoms with Crippen molar-refractivity contribution in [2.24, 2.45) is 0 Å². The Morgan fingerprint density at radius 3 is 1.15 bits per heavy atom. The monoisotopic (exact) mass is 392 g/mol. The van der Waals surface area contributed by atoms with E-state index < -0.39 is 16.1 Å². The zero-order valence-electron chi connectivity index (χ0n) is 19.1. The standard InChI is InChI=1S/C25H36Si2/c1-22(2)24(18-20-26(5,6)7)16-14-12-11-13-15-17-25(23(3)4)19-21-27(8,9)10/h11-13H2,1-10H3. The first-order valence-corrected chi connectivity index (χ1v) is 16.7. The van der Waals surface area contributed by atoms with E-state index in [1.807, 2.05) is 0 Å². The van der Waals surface area contributed by atoms with E-state index in [1.54, 1.807) is 0 Å². The number of rotatable bonds is 2. The molecule has 0 fully saturated rings. The van der Waals surface area contributed by atoms with Crippen molar-refractivity contribution in [2.75, 3.05) is 0 Å². The summed E-state index contributed by atoms with van der Waals surface area (Å²) in [4.78, 5) is 0. The zero-order chi connectivity index (χ0) is 21.1. The molecule has 0 spiro atoms. The van der Waals surface area contributed by atoms with E-state index in [0.717, 1.165) is 30.4 Å². The van der Waals surface area contributed by atoms with E-state index in [4.69, 9.17) is 0 Å². The van der Waals surface area contributed by atoms with Crippen LogP contribution in [0.2, 0.25) is 39.3 Å². The molecule has 0 saturated heterocycles. The molecular formula is C25H36Si2. The van der Waals surface area contributed by atoms with Gasteiger partial charge in [-0.05, 0) is 34.1 Å². The molecule has 0 radical (unpaired) electrons. The van der Waals surface area contributed by atoms with Crippen LogP contribution in [0.15, 0.2) is 22.3 Å². The van der Waals surface area contributed by atoms with Gasteiger partial charge in [-0.1, -0.05) is 86.0 Å². The maximum absolute atomic E-state index is 3.40. The molecule has 0 heterocycles. The van der Waals surface area contributed by atoms with Crippen LogP contribution in [0.25, 0.3) is 0 Å². The summed E-state index contributed by atoms with van der Waals surface area (Å²) in [5.41, 5.74) is 11.2. The average molecular weight is 393 g/mol. The molecule has 0 aliphatic heterocycles. The summed E-state index contributed by atoms with van der Waals surface area (Å²) in [7, 11) is -2.73. The van der Waals surface area contributed by atoms with Gasteiger partial charge in [0, 0.05) is 12.8 Å². The molecule has 0 aromatic heterocycles. The third-order valence-corrected chi connectivity index (χ3v) is 4.91. The van der Waals surface area contributed by atoms with Gasteiger partial charge in [-0.3, -0.25) is 0 Å². The Kier molecular flexibility index (Phi) is 11.0. The van der Waals surface area contributed by atoms with Crippen LogP contribution < -0.4 is 0 Å². The molecule has 0 aliphatic rings. The van der Waals surface area contributed by atoms with Gasteiger partial charge in [-0.25, -0.2) is 0 Å². The Morgan fingerprint density at radius 2 is 0.889 bits per heavy atom. The number of allylic oxidation sites excluding steroid dienone is 4. The molecule has 0 aliphatic carbocycles. The molecule has 0 amide bonds. The van der Waals surface area contributed by atoms with Gasteiger partial charge in [-0.15, -0.1) is 11.1 Å². The molecular weight excluding hydrogens is 356 g/mol. The second-order valence-corrected chi connectivity index (χ2v) is 18.7. The quantitative estimate of drug-likeness (QED) is 0.282. The topological polar surface area (TPSA) is 0 Å². The molecule has 2 heteroatoms. The van der Waals surface area contributed by atoms with Crippen molar-refractivity contribution >= 4 is 16.1 Å². The van der Waals surface area contributed by atoms with Gasteiger partial charge in [0.2, 0.25) is 0 Å². The van der Waals surface area contributed by atoms with Gasteiger partial charge in [0.15, 0.2) is 0 Å². The van der Waals surface area contributed by atoms with E-state index in [1.165, 1.54) is 11.1 Å². The highest BCUT2D eigenvalue weighted by Crippen LogP contribution is 2.05. The minimum absolute atomic E-state index is 0.852. The fraction of sp³-hybridized carbons (Fsp3) is 0.520. The van der Waals surface area contributed by atoms with Crippen molar-refractivity contribution in [2.45, 2.75) is 86.2 Å². The summed E-state index contributed by atoms with van der Waals surface area (Å²) in [5.74, 6) is 19.6. The second-order valence-electron chi connectivity index (χ2n) is 9.21. The first-order valence-electron chi connectivity index (χ1n) is 9.71. The smallest absolute Gasteiger partial charge is 0.126 e. The van der Waals surface area contributed by atoms with Crippen molar-refractivity contribution in [1.29, 1.82) is 0 Å². The number of hydrogen-bond acceptors (Lipinski definition) is 0. The minimum Gasteiger partial charge on any atom is -0.126 e. The van der Waals surface area contributed by atoms with Crippen molar-refractivity contribution < 1.29 is 0 Å². The lowest BCUT2D eigenvalue weighted by molar-refractivity contribution is 0.903. The van der Waals surface area contributed by atoms with Crippen molar-refractivity contribution in [3.8, 4) is 46.6 Å². The lowest BCUT2D eigenvalue weighted by Gasteiger charge is -2.03. The van der Waals surface area contributed by atoms with Crippen LogP contribution in [-0.2, 0) is 0 Å². The van der Waals surface area contributed by atoms with Crippen LogP contribution in [-0.4, -0.2) is 16.1 Å². The van der Waals surface area contributed by atoms with Crippen LogP contribution in [0.3, 0.4) is 0 Å². The zero-order valence-corrected chi connectivity index (χ0v) is 21.1. The summed E-state index contributed by atoms with van der Waals surface area (Å²) in [5, 5.41) is 0. The van der Waals surface area contributed by atoms with Gasteiger partial charge < -0.3 is 0 Å². The molecule has 0 bridgehead atoms. The maximum Gasteiger partial charge on any atom is 0.129 e. The molecule has 0 rings (SSSR count). The maximum atomic E-state index is 3.40. The fourth-order valence-corrected chi connectivity index (χ4v) is 2.63. The highest BCUT2D eigenvalue weighted by Gasteiger charge is 2.08. The molecule has 0 saturated carbocycles. The average Bonchev–Trinajstić information content (AvgIpc) is 2.49. The molecule has 27 heavy (non-hydrogen) atoms. The first-order chi connectivity index (χ1) is 12.3. The molecule has 0 N–H and O–H groups in total. The van der Waals surface area contributed by atoms with Crippen LogP contribution in [0.4, 0.5) is 0 Å². The molecule has 144 valence electrons. The largest absolute Gasteiger partial charge is 0.129 e. The first kappa shape index (κ1) is 25.2. The van der Waals surface area contributed by atoms with Gasteiger partial charge in [0.05, 0.1) is 11.1 Å². The third kappa shape index (κ3) is 15.0. The second kappa shape index (κ2) is 11.8. The van der Waals surface area contributed by atoms with Crippen molar-refractivity contribution in [3.63, 3.8) is 0 Å². The Hall–Kier alpha value is -1.85. The number of hydrogen-bond donors (Lipinski definition) is 0. The van der Waals surface area contributed by atoms with Gasteiger partial charge >= 0.3 is 0 Å². The van der Waals surface area contributed by atoms with Crippen LogP contribution in [0.5, 0.6) is 0 Å². The summed E-state index contributed by atoms with van der Waals surface area (Å²) in [6.45, 7) is 21.8. The number of unbranched alkanes of at least 4 members (excludes halogenated alkanes) is 2.